The van der Waals surface area contributed by atoms with Gasteiger partial charge in [-0.05, 0) is 51.1 Å². The first kappa shape index (κ1) is 21.6. The lowest BCUT2D eigenvalue weighted by atomic mass is 10.1. The first-order valence-electron chi connectivity index (χ1n) is 9.57. The molecule has 8 heteroatoms. The van der Waals surface area contributed by atoms with Crippen LogP contribution in [-0.2, 0) is 9.59 Å². The van der Waals surface area contributed by atoms with Gasteiger partial charge in [-0.15, -0.1) is 0 Å². The molecule has 0 fully saturated rings. The van der Waals surface area contributed by atoms with Gasteiger partial charge in [0.25, 0.3) is 5.91 Å². The molecule has 158 valence electrons. The third kappa shape index (κ3) is 4.74. The third-order valence-corrected chi connectivity index (χ3v) is 4.87. The summed E-state index contributed by atoms with van der Waals surface area (Å²) < 4.78 is 11.0. The second kappa shape index (κ2) is 9.17. The maximum Gasteiger partial charge on any atom is 0.265 e. The molecule has 0 aromatic heterocycles. The largest absolute Gasteiger partial charge is 0.484 e. The van der Waals surface area contributed by atoms with Crippen LogP contribution in [0.25, 0.3) is 0 Å². The van der Waals surface area contributed by atoms with E-state index in [1.165, 1.54) is 4.90 Å². The highest BCUT2D eigenvalue weighted by Gasteiger charge is 2.33. The molecule has 1 heterocycles. The quantitative estimate of drug-likeness (QED) is 0.681. The van der Waals surface area contributed by atoms with Crippen LogP contribution in [-0.4, -0.2) is 42.9 Å². The van der Waals surface area contributed by atoms with Crippen molar-refractivity contribution in [3.63, 3.8) is 0 Å². The SMILES string of the molecule is CC(C)NC(=O)[C@@H](C)N1C(=O)COc2ccc(C(=O)COc3ccccc3Cl)cc21. The van der Waals surface area contributed by atoms with E-state index in [-0.39, 0.29) is 36.9 Å². The molecule has 2 amide bonds. The van der Waals surface area contributed by atoms with E-state index in [1.807, 2.05) is 13.8 Å². The number of ketones is 1. The van der Waals surface area contributed by atoms with E-state index in [0.717, 1.165) is 0 Å². The van der Waals surface area contributed by atoms with Gasteiger partial charge in [-0.2, -0.15) is 0 Å². The van der Waals surface area contributed by atoms with Crippen LogP contribution in [0, 0.1) is 0 Å². The Morgan fingerprint density at radius 3 is 2.63 bits per heavy atom. The van der Waals surface area contributed by atoms with Gasteiger partial charge in [-0.25, -0.2) is 0 Å². The summed E-state index contributed by atoms with van der Waals surface area (Å²) in [6, 6.07) is 10.8. The minimum atomic E-state index is -0.757. The van der Waals surface area contributed by atoms with Crippen molar-refractivity contribution in [2.24, 2.45) is 0 Å². The van der Waals surface area contributed by atoms with Gasteiger partial charge in [0.05, 0.1) is 10.7 Å². The van der Waals surface area contributed by atoms with Gasteiger partial charge in [0, 0.05) is 11.6 Å². The molecular weight excluding hydrogens is 408 g/mol. The van der Waals surface area contributed by atoms with Crippen LogP contribution >= 0.6 is 11.6 Å². The number of hydrogen-bond donors (Lipinski definition) is 1. The molecule has 0 saturated carbocycles. The molecule has 0 saturated heterocycles. The molecule has 1 aliphatic heterocycles. The topological polar surface area (TPSA) is 84.9 Å². The zero-order valence-electron chi connectivity index (χ0n) is 17.0. The number of ether oxygens (including phenoxy) is 2. The van der Waals surface area contributed by atoms with E-state index in [4.69, 9.17) is 21.1 Å². The number of nitrogens with zero attached hydrogens (tertiary/aromatic N) is 1. The van der Waals surface area contributed by atoms with Crippen LogP contribution in [0.3, 0.4) is 0 Å². The fourth-order valence-corrected chi connectivity index (χ4v) is 3.27. The summed E-state index contributed by atoms with van der Waals surface area (Å²) in [5.74, 6) is -0.0993. The van der Waals surface area contributed by atoms with Crippen LogP contribution in [0.15, 0.2) is 42.5 Å². The number of para-hydroxylation sites is 1. The van der Waals surface area contributed by atoms with E-state index in [0.29, 0.717) is 27.8 Å². The maximum atomic E-state index is 12.7. The van der Waals surface area contributed by atoms with Gasteiger partial charge in [0.15, 0.2) is 19.0 Å². The number of nitrogens with one attached hydrogen (secondary N) is 1. The molecule has 1 N–H and O–H groups in total. The summed E-state index contributed by atoms with van der Waals surface area (Å²) >= 11 is 6.05. The zero-order valence-corrected chi connectivity index (χ0v) is 17.7. The number of amides is 2. The fourth-order valence-electron chi connectivity index (χ4n) is 3.08. The number of fused-ring (bicyclic) bond motifs is 1. The van der Waals surface area contributed by atoms with Crippen LogP contribution in [0.1, 0.15) is 31.1 Å². The minimum absolute atomic E-state index is 0.0644. The molecule has 3 rings (SSSR count). The van der Waals surface area contributed by atoms with E-state index >= 15 is 0 Å². The third-order valence-electron chi connectivity index (χ3n) is 4.55. The summed E-state index contributed by atoms with van der Waals surface area (Å²) in [5.41, 5.74) is 0.710. The summed E-state index contributed by atoms with van der Waals surface area (Å²) in [4.78, 5) is 39.0. The summed E-state index contributed by atoms with van der Waals surface area (Å²) in [6.45, 7) is 4.93. The van der Waals surface area contributed by atoms with Crippen LogP contribution in [0.4, 0.5) is 5.69 Å². The molecule has 2 aromatic rings. The maximum absolute atomic E-state index is 12.7. The highest BCUT2D eigenvalue weighted by Crippen LogP contribution is 2.34. The molecular formula is C22H23ClN2O5. The van der Waals surface area contributed by atoms with Crippen molar-refractivity contribution in [1.29, 1.82) is 0 Å². The molecule has 0 radical (unpaired) electrons. The van der Waals surface area contributed by atoms with Crippen molar-refractivity contribution in [3.05, 3.63) is 53.1 Å². The van der Waals surface area contributed by atoms with Gasteiger partial charge in [0.1, 0.15) is 17.5 Å². The number of benzene rings is 2. The monoisotopic (exact) mass is 430 g/mol. The number of Topliss-reactive ketones (excluding diaryl/α,β-unsaturated/α-hetero) is 1. The first-order chi connectivity index (χ1) is 14.3. The van der Waals surface area contributed by atoms with Gasteiger partial charge in [0.2, 0.25) is 5.91 Å². The Balaban J connectivity index is 1.82. The van der Waals surface area contributed by atoms with Gasteiger partial charge in [-0.1, -0.05) is 23.7 Å². The van der Waals surface area contributed by atoms with E-state index in [1.54, 1.807) is 49.4 Å². The molecule has 7 nitrogen and oxygen atoms in total. The standard InChI is InChI=1S/C22H23ClN2O5/c1-13(2)24-22(28)14(3)25-17-10-15(8-9-20(17)30-12-21(25)27)18(26)11-29-19-7-5-4-6-16(19)23/h4-10,13-14H,11-12H2,1-3H3,(H,24,28)/t14-/m1/s1. The predicted molar refractivity (Wildman–Crippen MR) is 113 cm³/mol. The molecule has 2 aromatic carbocycles. The molecule has 0 bridgehead atoms. The Morgan fingerprint density at radius 2 is 1.93 bits per heavy atom. The number of carbonyl (C=O) groups is 3. The van der Waals surface area contributed by atoms with Crippen molar-refractivity contribution in [2.45, 2.75) is 32.9 Å². The van der Waals surface area contributed by atoms with Gasteiger partial charge >= 0.3 is 0 Å². The summed E-state index contributed by atoms with van der Waals surface area (Å²) in [7, 11) is 0. The molecule has 0 aliphatic carbocycles. The number of anilines is 1. The van der Waals surface area contributed by atoms with Crippen LogP contribution in [0.5, 0.6) is 11.5 Å². The Bertz CT molecular complexity index is 976. The first-order valence-corrected chi connectivity index (χ1v) is 9.95. The smallest absolute Gasteiger partial charge is 0.265 e. The average molecular weight is 431 g/mol. The van der Waals surface area contributed by atoms with Crippen molar-refractivity contribution >= 4 is 34.9 Å². The van der Waals surface area contributed by atoms with Crippen molar-refractivity contribution in [1.82, 2.24) is 5.32 Å². The average Bonchev–Trinajstić information content (AvgIpc) is 2.71. The summed E-state index contributed by atoms with van der Waals surface area (Å²) in [5, 5.41) is 3.21. The summed E-state index contributed by atoms with van der Waals surface area (Å²) in [6.07, 6.45) is 0. The van der Waals surface area contributed by atoms with Crippen LogP contribution in [0.2, 0.25) is 5.02 Å². The predicted octanol–water partition coefficient (Wildman–Crippen LogP) is 3.24. The lowest BCUT2D eigenvalue weighted by molar-refractivity contribution is -0.127. The molecule has 0 spiro atoms. The Morgan fingerprint density at radius 1 is 1.20 bits per heavy atom. The highest BCUT2D eigenvalue weighted by atomic mass is 35.5. The number of carbonyl (C=O) groups excluding carboxylic acids is 3. The van der Waals surface area contributed by atoms with Crippen molar-refractivity contribution in [2.75, 3.05) is 18.1 Å². The Labute approximate surface area is 179 Å². The second-order valence-electron chi connectivity index (χ2n) is 7.22. The normalized spacial score (nSPS) is 14.0. The van der Waals surface area contributed by atoms with Crippen molar-refractivity contribution in [3.8, 4) is 11.5 Å². The molecule has 1 aliphatic rings. The fraction of sp³-hybridized carbons (Fsp3) is 0.318. The minimum Gasteiger partial charge on any atom is -0.484 e. The lowest BCUT2D eigenvalue weighted by Gasteiger charge is -2.33. The van der Waals surface area contributed by atoms with Gasteiger partial charge in [-0.3, -0.25) is 19.3 Å². The zero-order chi connectivity index (χ0) is 21.8. The Kier molecular flexibility index (Phi) is 6.62. The number of halogens is 1. The number of rotatable bonds is 7. The lowest BCUT2D eigenvalue weighted by Crippen LogP contribution is -2.52. The van der Waals surface area contributed by atoms with Crippen molar-refractivity contribution < 1.29 is 23.9 Å². The second-order valence-corrected chi connectivity index (χ2v) is 7.62. The molecule has 30 heavy (non-hydrogen) atoms. The van der Waals surface area contributed by atoms with Crippen LogP contribution < -0.4 is 19.7 Å². The van der Waals surface area contributed by atoms with Gasteiger partial charge < -0.3 is 14.8 Å². The molecule has 0 unspecified atom stereocenters. The Hall–Kier alpha value is -3.06. The van der Waals surface area contributed by atoms with E-state index < -0.39 is 6.04 Å². The van der Waals surface area contributed by atoms with E-state index in [9.17, 15) is 14.4 Å². The molecule has 1 atom stereocenters. The van der Waals surface area contributed by atoms with E-state index in [2.05, 4.69) is 5.32 Å². The number of hydrogen-bond acceptors (Lipinski definition) is 5. The highest BCUT2D eigenvalue weighted by molar-refractivity contribution is 6.32.